The van der Waals surface area contributed by atoms with Crippen molar-refractivity contribution in [1.82, 2.24) is 9.80 Å². The monoisotopic (exact) mass is 351 g/mol. The summed E-state index contributed by atoms with van der Waals surface area (Å²) in [6.07, 6.45) is 1.69. The van der Waals surface area contributed by atoms with E-state index in [4.69, 9.17) is 5.73 Å². The van der Waals surface area contributed by atoms with Crippen LogP contribution in [-0.2, 0) is 4.79 Å². The molecular weight excluding hydrogens is 330 g/mol. The number of piperazine rings is 1. The number of hydrogen-bond acceptors (Lipinski definition) is 3. The minimum atomic E-state index is 0.0485. The summed E-state index contributed by atoms with van der Waals surface area (Å²) >= 11 is 3.65. The van der Waals surface area contributed by atoms with Gasteiger partial charge in [0.15, 0.2) is 0 Å². The van der Waals surface area contributed by atoms with Gasteiger partial charge < -0.3 is 10.6 Å². The Bertz CT molecular complexity index is 534. The van der Waals surface area contributed by atoms with Crippen LogP contribution in [0.3, 0.4) is 0 Å². The van der Waals surface area contributed by atoms with Gasteiger partial charge in [-0.2, -0.15) is 0 Å². The van der Waals surface area contributed by atoms with E-state index in [1.165, 1.54) is 5.56 Å². The van der Waals surface area contributed by atoms with Crippen LogP contribution in [0.5, 0.6) is 0 Å². The first kappa shape index (κ1) is 15.0. The smallest absolute Gasteiger partial charge is 0.222 e. The van der Waals surface area contributed by atoms with E-state index in [2.05, 4.69) is 50.9 Å². The molecule has 3 atom stereocenters. The van der Waals surface area contributed by atoms with Crippen molar-refractivity contribution in [2.75, 3.05) is 19.6 Å². The van der Waals surface area contributed by atoms with Crippen LogP contribution in [0.25, 0.3) is 0 Å². The van der Waals surface area contributed by atoms with Crippen molar-refractivity contribution in [3.8, 4) is 0 Å². The highest BCUT2D eigenvalue weighted by molar-refractivity contribution is 9.10. The van der Waals surface area contributed by atoms with Crippen molar-refractivity contribution in [3.63, 3.8) is 0 Å². The summed E-state index contributed by atoms with van der Waals surface area (Å²) in [6, 6.07) is 8.91. The lowest BCUT2D eigenvalue weighted by Gasteiger charge is -2.43. The standard InChI is InChI=1S/C16H22BrN3O/c1-11(18)16(13-4-2-3-5-14(13)17)19-8-9-20-12(10-19)6-7-15(20)21/h2-5,11-12,16H,6-10,18H2,1H3. The highest BCUT2D eigenvalue weighted by atomic mass is 79.9. The molecule has 3 unspecified atom stereocenters. The highest BCUT2D eigenvalue weighted by Gasteiger charge is 2.38. The molecule has 2 N–H and O–H groups in total. The molecule has 0 aromatic heterocycles. The van der Waals surface area contributed by atoms with Crippen LogP contribution in [-0.4, -0.2) is 47.4 Å². The van der Waals surface area contributed by atoms with Gasteiger partial charge in [0.05, 0.1) is 6.04 Å². The first-order valence-electron chi connectivity index (χ1n) is 7.61. The zero-order valence-electron chi connectivity index (χ0n) is 12.3. The topological polar surface area (TPSA) is 49.6 Å². The molecule has 2 fully saturated rings. The number of benzene rings is 1. The average molecular weight is 352 g/mol. The van der Waals surface area contributed by atoms with Gasteiger partial charge in [-0.25, -0.2) is 0 Å². The quantitative estimate of drug-likeness (QED) is 0.907. The molecule has 1 amide bonds. The van der Waals surface area contributed by atoms with Gasteiger partial charge in [0.25, 0.3) is 0 Å². The van der Waals surface area contributed by atoms with E-state index in [-0.39, 0.29) is 12.1 Å². The highest BCUT2D eigenvalue weighted by Crippen LogP contribution is 2.33. The van der Waals surface area contributed by atoms with Crippen LogP contribution >= 0.6 is 15.9 Å². The Hall–Kier alpha value is -0.910. The molecule has 2 aliphatic rings. The fourth-order valence-corrected chi connectivity index (χ4v) is 4.19. The maximum atomic E-state index is 11.8. The van der Waals surface area contributed by atoms with Crippen molar-refractivity contribution in [2.24, 2.45) is 5.73 Å². The minimum Gasteiger partial charge on any atom is -0.337 e. The third-order valence-corrected chi connectivity index (χ3v) is 5.36. The summed E-state index contributed by atoms with van der Waals surface area (Å²) in [5, 5.41) is 0. The zero-order valence-corrected chi connectivity index (χ0v) is 13.9. The summed E-state index contributed by atoms with van der Waals surface area (Å²) in [5.74, 6) is 0.317. The number of nitrogens with two attached hydrogens (primary N) is 1. The van der Waals surface area contributed by atoms with E-state index in [0.29, 0.717) is 18.4 Å². The first-order chi connectivity index (χ1) is 10.1. The van der Waals surface area contributed by atoms with Crippen molar-refractivity contribution in [2.45, 2.75) is 37.9 Å². The molecule has 2 heterocycles. The molecule has 4 nitrogen and oxygen atoms in total. The van der Waals surface area contributed by atoms with Crippen molar-refractivity contribution in [3.05, 3.63) is 34.3 Å². The predicted octanol–water partition coefficient (Wildman–Crippen LogP) is 2.14. The van der Waals surface area contributed by atoms with Crippen LogP contribution < -0.4 is 5.73 Å². The van der Waals surface area contributed by atoms with Gasteiger partial charge in [-0.3, -0.25) is 9.69 Å². The molecule has 5 heteroatoms. The normalized spacial score (nSPS) is 25.8. The van der Waals surface area contributed by atoms with Crippen molar-refractivity contribution >= 4 is 21.8 Å². The number of fused-ring (bicyclic) bond motifs is 1. The largest absolute Gasteiger partial charge is 0.337 e. The average Bonchev–Trinajstić information content (AvgIpc) is 2.82. The molecule has 3 rings (SSSR count). The number of nitrogens with zero attached hydrogens (tertiary/aromatic N) is 2. The summed E-state index contributed by atoms with van der Waals surface area (Å²) < 4.78 is 1.11. The third-order valence-electron chi connectivity index (χ3n) is 4.64. The van der Waals surface area contributed by atoms with Crippen LogP contribution in [0.1, 0.15) is 31.4 Å². The number of hydrogen-bond donors (Lipinski definition) is 1. The Morgan fingerprint density at radius 3 is 2.81 bits per heavy atom. The second kappa shape index (κ2) is 6.07. The maximum absolute atomic E-state index is 11.8. The molecule has 1 aromatic carbocycles. The van der Waals surface area contributed by atoms with E-state index in [9.17, 15) is 4.79 Å². The van der Waals surface area contributed by atoms with Gasteiger partial charge in [0.2, 0.25) is 5.91 Å². The molecule has 0 spiro atoms. The summed E-state index contributed by atoms with van der Waals surface area (Å²) in [7, 11) is 0. The van der Waals surface area contributed by atoms with E-state index >= 15 is 0 Å². The zero-order chi connectivity index (χ0) is 15.0. The third kappa shape index (κ3) is 2.87. The van der Waals surface area contributed by atoms with Gasteiger partial charge in [-0.15, -0.1) is 0 Å². The fraction of sp³-hybridized carbons (Fsp3) is 0.562. The number of carbonyl (C=O) groups is 1. The lowest BCUT2D eigenvalue weighted by molar-refractivity contribution is -0.131. The van der Waals surface area contributed by atoms with Gasteiger partial charge >= 0.3 is 0 Å². The minimum absolute atomic E-state index is 0.0485. The second-order valence-corrected chi connectivity index (χ2v) is 6.95. The second-order valence-electron chi connectivity index (χ2n) is 6.10. The van der Waals surface area contributed by atoms with E-state index in [1.54, 1.807) is 0 Å². The number of carbonyl (C=O) groups excluding carboxylic acids is 1. The summed E-state index contributed by atoms with van der Waals surface area (Å²) in [4.78, 5) is 16.3. The molecule has 0 bridgehead atoms. The molecule has 0 radical (unpaired) electrons. The number of amides is 1. The Kier molecular flexibility index (Phi) is 4.33. The van der Waals surface area contributed by atoms with Gasteiger partial charge in [0, 0.05) is 42.6 Å². The molecular formula is C16H22BrN3O. The Morgan fingerprint density at radius 2 is 2.10 bits per heavy atom. The van der Waals surface area contributed by atoms with Gasteiger partial charge in [0.1, 0.15) is 0 Å². The van der Waals surface area contributed by atoms with Crippen LogP contribution in [0, 0.1) is 0 Å². The summed E-state index contributed by atoms with van der Waals surface area (Å²) in [6.45, 7) is 4.72. The Morgan fingerprint density at radius 1 is 1.33 bits per heavy atom. The number of rotatable bonds is 3. The molecule has 2 aliphatic heterocycles. The van der Waals surface area contributed by atoms with Crippen LogP contribution in [0.15, 0.2) is 28.7 Å². The molecule has 1 aromatic rings. The first-order valence-corrected chi connectivity index (χ1v) is 8.40. The van der Waals surface area contributed by atoms with Crippen molar-refractivity contribution < 1.29 is 4.79 Å². The van der Waals surface area contributed by atoms with E-state index in [1.807, 2.05) is 6.07 Å². The van der Waals surface area contributed by atoms with E-state index in [0.717, 1.165) is 30.5 Å². The number of halogens is 1. The molecule has 114 valence electrons. The lowest BCUT2D eigenvalue weighted by Crippen LogP contribution is -2.54. The SMILES string of the molecule is CC(N)C(c1ccccc1Br)N1CCN2C(=O)CCC2C1. The molecule has 2 saturated heterocycles. The lowest BCUT2D eigenvalue weighted by atomic mass is 9.97. The fourth-order valence-electron chi connectivity index (χ4n) is 3.67. The Balaban J connectivity index is 1.83. The Labute approximate surface area is 134 Å². The predicted molar refractivity (Wildman–Crippen MR) is 86.8 cm³/mol. The molecule has 21 heavy (non-hydrogen) atoms. The van der Waals surface area contributed by atoms with Crippen molar-refractivity contribution in [1.29, 1.82) is 0 Å². The van der Waals surface area contributed by atoms with E-state index < -0.39 is 0 Å². The van der Waals surface area contributed by atoms with Crippen LogP contribution in [0.2, 0.25) is 0 Å². The summed E-state index contributed by atoms with van der Waals surface area (Å²) in [5.41, 5.74) is 7.53. The van der Waals surface area contributed by atoms with Gasteiger partial charge in [-0.05, 0) is 25.0 Å². The molecule has 0 aliphatic carbocycles. The van der Waals surface area contributed by atoms with Crippen LogP contribution in [0.4, 0.5) is 0 Å². The van der Waals surface area contributed by atoms with Gasteiger partial charge in [-0.1, -0.05) is 34.1 Å². The maximum Gasteiger partial charge on any atom is 0.222 e. The molecule has 0 saturated carbocycles.